The molecule has 0 unspecified atom stereocenters. The minimum Gasteiger partial charge on any atom is -0.461 e. The first-order chi connectivity index (χ1) is 12.1. The van der Waals surface area contributed by atoms with Crippen LogP contribution in [0.4, 0.5) is 10.1 Å². The van der Waals surface area contributed by atoms with Gasteiger partial charge in [-0.2, -0.15) is 0 Å². The van der Waals surface area contributed by atoms with Crippen LogP contribution in [0.2, 0.25) is 0 Å². The van der Waals surface area contributed by atoms with Gasteiger partial charge in [0.25, 0.3) is 0 Å². The van der Waals surface area contributed by atoms with Gasteiger partial charge in [0.05, 0.1) is 32.1 Å². The lowest BCUT2D eigenvalue weighted by Gasteiger charge is -2.25. The monoisotopic (exact) mass is 349 g/mol. The molecule has 1 amide bonds. The molecule has 0 aliphatic carbocycles. The molecule has 2 N–H and O–H groups in total. The van der Waals surface area contributed by atoms with Gasteiger partial charge in [-0.25, -0.2) is 9.18 Å². The standard InChI is InChI=1S/C17H20FN3O4/c1-2-25-17(23)16-15(12-9-11(18)3-4-13(12)19-16)20-14(22)10-21-5-7-24-8-6-21/h3-4,9,19H,2,5-8,10H2,1H3,(H,20,22). The first-order valence-electron chi connectivity index (χ1n) is 8.16. The highest BCUT2D eigenvalue weighted by atomic mass is 19.1. The summed E-state index contributed by atoms with van der Waals surface area (Å²) in [6.45, 7) is 4.56. The van der Waals surface area contributed by atoms with Crippen LogP contribution >= 0.6 is 0 Å². The highest BCUT2D eigenvalue weighted by molar-refractivity contribution is 6.11. The van der Waals surface area contributed by atoms with Crippen LogP contribution in [0.5, 0.6) is 0 Å². The van der Waals surface area contributed by atoms with Gasteiger partial charge in [-0.3, -0.25) is 9.69 Å². The highest BCUT2D eigenvalue weighted by Gasteiger charge is 2.22. The van der Waals surface area contributed by atoms with Crippen molar-refractivity contribution in [2.75, 3.05) is 44.8 Å². The Kier molecular flexibility index (Phi) is 5.30. The zero-order valence-corrected chi connectivity index (χ0v) is 13.9. The second-order valence-corrected chi connectivity index (χ2v) is 5.72. The first-order valence-corrected chi connectivity index (χ1v) is 8.16. The molecule has 134 valence electrons. The number of carbonyl (C=O) groups is 2. The van der Waals surface area contributed by atoms with Crippen LogP contribution < -0.4 is 5.32 Å². The molecule has 1 aromatic heterocycles. The lowest BCUT2D eigenvalue weighted by Crippen LogP contribution is -2.41. The highest BCUT2D eigenvalue weighted by Crippen LogP contribution is 2.29. The van der Waals surface area contributed by atoms with Gasteiger partial charge in [0.15, 0.2) is 0 Å². The Morgan fingerprint density at radius 2 is 2.12 bits per heavy atom. The van der Waals surface area contributed by atoms with E-state index >= 15 is 0 Å². The summed E-state index contributed by atoms with van der Waals surface area (Å²) in [6.07, 6.45) is 0. The van der Waals surface area contributed by atoms with E-state index in [0.29, 0.717) is 37.2 Å². The zero-order valence-electron chi connectivity index (χ0n) is 13.9. The van der Waals surface area contributed by atoms with Gasteiger partial charge in [-0.1, -0.05) is 0 Å². The normalized spacial score (nSPS) is 15.3. The first kappa shape index (κ1) is 17.4. The molecule has 7 nitrogen and oxygen atoms in total. The summed E-state index contributed by atoms with van der Waals surface area (Å²) in [5, 5.41) is 3.16. The molecule has 0 bridgehead atoms. The van der Waals surface area contributed by atoms with Crippen LogP contribution in [0.15, 0.2) is 18.2 Å². The van der Waals surface area contributed by atoms with Crippen molar-refractivity contribution in [2.24, 2.45) is 0 Å². The molecule has 1 fully saturated rings. The van der Waals surface area contributed by atoms with Crippen LogP contribution in [0.25, 0.3) is 10.9 Å². The third kappa shape index (κ3) is 3.97. The molecule has 2 aromatic rings. The van der Waals surface area contributed by atoms with Gasteiger partial charge in [-0.15, -0.1) is 0 Å². The number of H-pyrrole nitrogens is 1. The number of ether oxygens (including phenoxy) is 2. The Labute approximate surface area is 144 Å². The number of aromatic nitrogens is 1. The van der Waals surface area contributed by atoms with E-state index in [9.17, 15) is 14.0 Å². The van der Waals surface area contributed by atoms with E-state index in [2.05, 4.69) is 10.3 Å². The van der Waals surface area contributed by atoms with E-state index in [1.54, 1.807) is 6.92 Å². The molecule has 1 aliphatic heterocycles. The summed E-state index contributed by atoms with van der Waals surface area (Å²) in [7, 11) is 0. The minimum absolute atomic E-state index is 0.109. The number of esters is 1. The topological polar surface area (TPSA) is 83.7 Å². The number of carbonyl (C=O) groups excluding carboxylic acids is 2. The van der Waals surface area contributed by atoms with E-state index in [-0.39, 0.29) is 30.4 Å². The Hall–Kier alpha value is -2.45. The van der Waals surface area contributed by atoms with Gasteiger partial charge < -0.3 is 19.8 Å². The second-order valence-electron chi connectivity index (χ2n) is 5.72. The summed E-state index contributed by atoms with van der Waals surface area (Å²) < 4.78 is 23.9. The van der Waals surface area contributed by atoms with Crippen molar-refractivity contribution in [3.05, 3.63) is 29.7 Å². The number of nitrogens with one attached hydrogen (secondary N) is 2. The Balaban J connectivity index is 1.86. The third-order valence-electron chi connectivity index (χ3n) is 3.98. The molecule has 0 radical (unpaired) electrons. The Morgan fingerprint density at radius 3 is 2.84 bits per heavy atom. The average Bonchev–Trinajstić information content (AvgIpc) is 2.94. The number of benzene rings is 1. The summed E-state index contributed by atoms with van der Waals surface area (Å²) in [4.78, 5) is 29.4. The molecule has 2 heterocycles. The number of amides is 1. The van der Waals surface area contributed by atoms with Crippen molar-refractivity contribution in [1.82, 2.24) is 9.88 Å². The number of morpholine rings is 1. The molecule has 8 heteroatoms. The van der Waals surface area contributed by atoms with E-state index in [1.165, 1.54) is 18.2 Å². The minimum atomic E-state index is -0.596. The van der Waals surface area contributed by atoms with Crippen molar-refractivity contribution in [3.63, 3.8) is 0 Å². The molecule has 1 saturated heterocycles. The van der Waals surface area contributed by atoms with Crippen LogP contribution in [-0.4, -0.2) is 61.2 Å². The van der Waals surface area contributed by atoms with E-state index in [4.69, 9.17) is 9.47 Å². The molecule has 25 heavy (non-hydrogen) atoms. The number of fused-ring (bicyclic) bond motifs is 1. The van der Waals surface area contributed by atoms with Crippen LogP contribution in [-0.2, 0) is 14.3 Å². The molecule has 1 aromatic carbocycles. The largest absolute Gasteiger partial charge is 0.461 e. The SMILES string of the molecule is CCOC(=O)c1[nH]c2ccc(F)cc2c1NC(=O)CN1CCOCC1. The van der Waals surface area contributed by atoms with Crippen LogP contribution in [0.1, 0.15) is 17.4 Å². The summed E-state index contributed by atoms with van der Waals surface area (Å²) in [6, 6.07) is 4.08. The van der Waals surface area contributed by atoms with Crippen molar-refractivity contribution < 1.29 is 23.5 Å². The number of hydrogen-bond acceptors (Lipinski definition) is 5. The fourth-order valence-electron chi connectivity index (χ4n) is 2.79. The van der Waals surface area contributed by atoms with E-state index in [1.807, 2.05) is 4.90 Å². The maximum absolute atomic E-state index is 13.6. The number of nitrogens with zero attached hydrogens (tertiary/aromatic N) is 1. The van der Waals surface area contributed by atoms with Gasteiger partial charge in [-0.05, 0) is 25.1 Å². The maximum Gasteiger partial charge on any atom is 0.356 e. The molecule has 0 spiro atoms. The molecular weight excluding hydrogens is 329 g/mol. The molecule has 0 atom stereocenters. The quantitative estimate of drug-likeness (QED) is 0.804. The number of rotatable bonds is 5. The lowest BCUT2D eigenvalue weighted by molar-refractivity contribution is -0.118. The predicted octanol–water partition coefficient (Wildman–Crippen LogP) is 1.75. The van der Waals surface area contributed by atoms with Gasteiger partial charge in [0, 0.05) is 24.0 Å². The average molecular weight is 349 g/mol. The Morgan fingerprint density at radius 1 is 1.36 bits per heavy atom. The summed E-state index contributed by atoms with van der Waals surface area (Å²) in [5.74, 6) is -1.33. The van der Waals surface area contributed by atoms with Crippen LogP contribution in [0.3, 0.4) is 0 Å². The molecule has 1 aliphatic rings. The summed E-state index contributed by atoms with van der Waals surface area (Å²) >= 11 is 0. The zero-order chi connectivity index (χ0) is 17.8. The van der Waals surface area contributed by atoms with E-state index < -0.39 is 11.8 Å². The van der Waals surface area contributed by atoms with Gasteiger partial charge in [0.2, 0.25) is 5.91 Å². The summed E-state index contributed by atoms with van der Waals surface area (Å²) in [5.41, 5.74) is 0.898. The number of anilines is 1. The van der Waals surface area contributed by atoms with Crippen molar-refractivity contribution >= 4 is 28.5 Å². The van der Waals surface area contributed by atoms with Crippen LogP contribution in [0, 0.1) is 5.82 Å². The van der Waals surface area contributed by atoms with Crippen molar-refractivity contribution in [3.8, 4) is 0 Å². The lowest BCUT2D eigenvalue weighted by atomic mass is 10.2. The predicted molar refractivity (Wildman–Crippen MR) is 90.1 cm³/mol. The van der Waals surface area contributed by atoms with Gasteiger partial charge >= 0.3 is 5.97 Å². The third-order valence-corrected chi connectivity index (χ3v) is 3.98. The number of halogens is 1. The fraction of sp³-hybridized carbons (Fsp3) is 0.412. The molecule has 0 saturated carbocycles. The maximum atomic E-state index is 13.6. The number of hydrogen-bond donors (Lipinski definition) is 2. The molecule has 3 rings (SSSR count). The van der Waals surface area contributed by atoms with E-state index in [0.717, 1.165) is 0 Å². The van der Waals surface area contributed by atoms with Crippen molar-refractivity contribution in [1.29, 1.82) is 0 Å². The fourth-order valence-corrected chi connectivity index (χ4v) is 2.79. The second kappa shape index (κ2) is 7.62. The number of aromatic amines is 1. The van der Waals surface area contributed by atoms with Crippen molar-refractivity contribution in [2.45, 2.75) is 6.92 Å². The Bertz CT molecular complexity index is 784. The van der Waals surface area contributed by atoms with Gasteiger partial charge in [0.1, 0.15) is 11.5 Å². The smallest absolute Gasteiger partial charge is 0.356 e. The molecular formula is C17H20FN3O4.